The summed E-state index contributed by atoms with van der Waals surface area (Å²) < 4.78 is 132. The van der Waals surface area contributed by atoms with Gasteiger partial charge in [0, 0.05) is 0 Å². The molecule has 0 rings (SSSR count). The van der Waals surface area contributed by atoms with Gasteiger partial charge in [-0.3, -0.25) is 0 Å². The maximum Gasteiger partial charge on any atom is 0.459 e. The number of alkyl halides is 11. The van der Waals surface area contributed by atoms with E-state index in [-0.39, 0.29) is 0 Å². The molecule has 0 spiro atoms. The van der Waals surface area contributed by atoms with Crippen molar-refractivity contribution in [3.8, 4) is 0 Å². The second kappa shape index (κ2) is 4.10. The highest BCUT2D eigenvalue weighted by molar-refractivity contribution is 5.08. The Labute approximate surface area is 91.2 Å². The van der Waals surface area contributed by atoms with Gasteiger partial charge in [-0.2, -0.15) is 35.1 Å². The van der Waals surface area contributed by atoms with Crippen molar-refractivity contribution in [3.63, 3.8) is 0 Å². The number of hydrogen-bond donors (Lipinski definition) is 1. The van der Waals surface area contributed by atoms with Crippen molar-refractivity contribution >= 4 is 0 Å². The first-order chi connectivity index (χ1) is 7.56. The number of halogens is 11. The first-order valence-electron chi connectivity index (χ1n) is 3.73. The molecule has 1 nitrogen and oxygen atoms in total. The maximum absolute atomic E-state index is 12.7. The summed E-state index contributed by atoms with van der Waals surface area (Å²) >= 11 is 0. The molecule has 110 valence electrons. The van der Waals surface area contributed by atoms with Crippen molar-refractivity contribution in [2.75, 3.05) is 6.67 Å². The van der Waals surface area contributed by atoms with Gasteiger partial charge in [0.15, 0.2) is 0 Å². The van der Waals surface area contributed by atoms with E-state index in [4.69, 9.17) is 5.11 Å². The molecule has 0 heterocycles. The van der Waals surface area contributed by atoms with Crippen LogP contribution in [0.3, 0.4) is 0 Å². The lowest BCUT2D eigenvalue weighted by Gasteiger charge is -2.39. The predicted octanol–water partition coefficient (Wildman–Crippen LogP) is 3.08. The molecule has 1 N–H and O–H groups in total. The largest absolute Gasteiger partial charge is 0.459 e. The van der Waals surface area contributed by atoms with Crippen LogP contribution in [-0.2, 0) is 0 Å². The smallest absolute Gasteiger partial charge is 0.354 e. The fourth-order valence-electron chi connectivity index (χ4n) is 0.789. The molecule has 0 saturated heterocycles. The monoisotopic (exact) mass is 300 g/mol. The molecule has 2 unspecified atom stereocenters. The molecule has 0 aromatic carbocycles. The van der Waals surface area contributed by atoms with Gasteiger partial charge in [-0.05, 0) is 0 Å². The molecule has 0 radical (unpaired) electrons. The highest BCUT2D eigenvalue weighted by Crippen LogP contribution is 2.54. The molecule has 0 aromatic rings. The minimum absolute atomic E-state index is 3.67. The summed E-state index contributed by atoms with van der Waals surface area (Å²) in [4.78, 5) is 0. The van der Waals surface area contributed by atoms with E-state index in [1.54, 1.807) is 0 Å². The Morgan fingerprint density at radius 2 is 1.00 bits per heavy atom. The van der Waals surface area contributed by atoms with Crippen molar-refractivity contribution in [2.24, 2.45) is 0 Å². The van der Waals surface area contributed by atoms with E-state index in [2.05, 4.69) is 0 Å². The Balaban J connectivity index is 5.91. The molecular weight excluding hydrogens is 297 g/mol. The number of hydrogen-bond acceptors (Lipinski definition) is 1. The van der Waals surface area contributed by atoms with Crippen molar-refractivity contribution < 1.29 is 53.4 Å². The fourth-order valence-corrected chi connectivity index (χ4v) is 0.789. The summed E-state index contributed by atoms with van der Waals surface area (Å²) in [5.41, 5.74) is -6.43. The summed E-state index contributed by atoms with van der Waals surface area (Å²) in [7, 11) is 0. The van der Waals surface area contributed by atoms with E-state index in [0.717, 1.165) is 0 Å². The van der Waals surface area contributed by atoms with Gasteiger partial charge in [0.2, 0.25) is 0 Å². The van der Waals surface area contributed by atoms with Crippen molar-refractivity contribution in [1.29, 1.82) is 0 Å². The SMILES string of the molecule is OC(F)(C(F)(F)C(F)(F)F)C(F)(CF)C(F)(F)F. The molecule has 0 aliphatic rings. The second-order valence-corrected chi connectivity index (χ2v) is 3.13. The van der Waals surface area contributed by atoms with E-state index in [1.807, 2.05) is 0 Å². The molecule has 12 heteroatoms. The molecular formula is C6H3F11O. The lowest BCUT2D eigenvalue weighted by atomic mass is 9.91. The van der Waals surface area contributed by atoms with E-state index < -0.39 is 36.5 Å². The molecule has 0 aliphatic heterocycles. The van der Waals surface area contributed by atoms with E-state index in [1.165, 1.54) is 0 Å². The first kappa shape index (κ1) is 17.2. The fraction of sp³-hybridized carbons (Fsp3) is 1.00. The first-order valence-corrected chi connectivity index (χ1v) is 3.73. The zero-order valence-corrected chi connectivity index (χ0v) is 7.81. The van der Waals surface area contributed by atoms with E-state index >= 15 is 0 Å². The average molecular weight is 300 g/mol. The van der Waals surface area contributed by atoms with Crippen LogP contribution in [0.15, 0.2) is 0 Å². The second-order valence-electron chi connectivity index (χ2n) is 3.13. The van der Waals surface area contributed by atoms with Crippen LogP contribution >= 0.6 is 0 Å². The highest BCUT2D eigenvalue weighted by Gasteiger charge is 2.85. The molecule has 0 amide bonds. The third-order valence-corrected chi connectivity index (χ3v) is 1.93. The van der Waals surface area contributed by atoms with E-state index in [0.29, 0.717) is 0 Å². The molecule has 0 aliphatic carbocycles. The molecule has 0 bridgehead atoms. The van der Waals surface area contributed by atoms with Crippen LogP contribution in [0.5, 0.6) is 0 Å². The van der Waals surface area contributed by atoms with Gasteiger partial charge in [0.05, 0.1) is 0 Å². The Bertz CT molecular complexity index is 302. The minimum atomic E-state index is -7.17. The van der Waals surface area contributed by atoms with Crippen LogP contribution in [0.25, 0.3) is 0 Å². The van der Waals surface area contributed by atoms with Crippen molar-refractivity contribution in [2.45, 2.75) is 29.8 Å². The Morgan fingerprint density at radius 1 is 0.667 bits per heavy atom. The summed E-state index contributed by atoms with van der Waals surface area (Å²) in [5.74, 6) is -14.0. The summed E-state index contributed by atoms with van der Waals surface area (Å²) in [6.45, 7) is -3.67. The van der Waals surface area contributed by atoms with Gasteiger partial charge in [-0.25, -0.2) is 13.2 Å². The Hall–Kier alpha value is -0.810. The third kappa shape index (κ3) is 2.10. The summed E-state index contributed by atoms with van der Waals surface area (Å²) in [6.07, 6.45) is -13.9. The lowest BCUT2D eigenvalue weighted by molar-refractivity contribution is -0.432. The topological polar surface area (TPSA) is 20.2 Å². The van der Waals surface area contributed by atoms with Crippen LogP contribution in [0.2, 0.25) is 0 Å². The van der Waals surface area contributed by atoms with Gasteiger partial charge in [0.1, 0.15) is 6.67 Å². The molecule has 2 atom stereocenters. The van der Waals surface area contributed by atoms with Gasteiger partial charge < -0.3 is 5.11 Å². The van der Waals surface area contributed by atoms with Crippen LogP contribution in [0.1, 0.15) is 0 Å². The average Bonchev–Trinajstić information content (AvgIpc) is 2.12. The van der Waals surface area contributed by atoms with Gasteiger partial charge in [0.25, 0.3) is 5.67 Å². The van der Waals surface area contributed by atoms with Crippen LogP contribution in [0.4, 0.5) is 48.3 Å². The molecule has 0 saturated carbocycles. The van der Waals surface area contributed by atoms with Crippen LogP contribution < -0.4 is 0 Å². The maximum atomic E-state index is 12.7. The van der Waals surface area contributed by atoms with Crippen molar-refractivity contribution in [1.82, 2.24) is 0 Å². The number of aliphatic hydroxyl groups is 1. The normalized spacial score (nSPS) is 21.3. The number of rotatable bonds is 3. The Kier molecular flexibility index (Phi) is 3.91. The molecule has 0 fully saturated rings. The highest BCUT2D eigenvalue weighted by atomic mass is 19.4. The van der Waals surface area contributed by atoms with E-state index in [9.17, 15) is 48.3 Å². The minimum Gasteiger partial charge on any atom is -0.354 e. The van der Waals surface area contributed by atoms with Crippen LogP contribution in [0, 0.1) is 0 Å². The zero-order valence-electron chi connectivity index (χ0n) is 7.81. The molecule has 0 aromatic heterocycles. The van der Waals surface area contributed by atoms with Gasteiger partial charge in [-0.1, -0.05) is 0 Å². The quantitative estimate of drug-likeness (QED) is 0.794. The zero-order chi connectivity index (χ0) is 15.2. The summed E-state index contributed by atoms with van der Waals surface area (Å²) in [5, 5.41) is 7.96. The summed E-state index contributed by atoms with van der Waals surface area (Å²) in [6, 6.07) is 0. The standard InChI is InChI=1S/C6H3F11O/c7-1-2(8,5(12,13)14)4(11,18)3(9,10)6(15,16)17/h18H,1H2. The molecule has 18 heavy (non-hydrogen) atoms. The van der Waals surface area contributed by atoms with Crippen LogP contribution in [-0.4, -0.2) is 41.6 Å². The van der Waals surface area contributed by atoms with Gasteiger partial charge >= 0.3 is 24.1 Å². The Morgan fingerprint density at radius 3 is 1.17 bits per heavy atom. The predicted molar refractivity (Wildman–Crippen MR) is 32.9 cm³/mol. The lowest BCUT2D eigenvalue weighted by Crippen LogP contribution is -2.70. The van der Waals surface area contributed by atoms with Crippen molar-refractivity contribution in [3.05, 3.63) is 0 Å². The third-order valence-electron chi connectivity index (χ3n) is 1.93. The van der Waals surface area contributed by atoms with Gasteiger partial charge in [-0.15, -0.1) is 0 Å².